The van der Waals surface area contributed by atoms with E-state index in [9.17, 15) is 4.79 Å². The third-order valence-corrected chi connectivity index (χ3v) is 6.39. The summed E-state index contributed by atoms with van der Waals surface area (Å²) in [6.45, 7) is 6.51. The third-order valence-electron chi connectivity index (χ3n) is 5.11. The topological polar surface area (TPSA) is 63.1 Å². The second kappa shape index (κ2) is 10.3. The summed E-state index contributed by atoms with van der Waals surface area (Å²) in [5.74, 6) is 0.992. The molecule has 31 heavy (non-hydrogen) atoms. The minimum atomic E-state index is -0.0583. The van der Waals surface area contributed by atoms with Gasteiger partial charge in [-0.15, -0.1) is 10.2 Å². The number of thioether (sulfide) groups is 1. The van der Waals surface area contributed by atoms with Crippen molar-refractivity contribution < 1.29 is 4.79 Å². The first-order valence-electron chi connectivity index (χ1n) is 10.1. The minimum absolute atomic E-state index is 0.0107. The zero-order valence-corrected chi connectivity index (χ0v) is 20.1. The monoisotopic (exact) mass is 457 g/mol. The lowest BCUT2D eigenvalue weighted by Gasteiger charge is -2.26. The Morgan fingerprint density at radius 1 is 1.16 bits per heavy atom. The first kappa shape index (κ1) is 23.3. The van der Waals surface area contributed by atoms with E-state index in [2.05, 4.69) is 52.5 Å². The van der Waals surface area contributed by atoms with E-state index in [0.29, 0.717) is 16.7 Å². The number of aryl methyl sites for hydroxylation is 3. The van der Waals surface area contributed by atoms with Crippen LogP contribution < -0.4 is 5.32 Å². The van der Waals surface area contributed by atoms with Crippen LogP contribution >= 0.6 is 23.4 Å². The SMILES string of the molecule is Cc1ccc(C)c(-n2c(C)nnc2SCC(=O)NCC(c2ccccc2Cl)N(C)C)c1. The second-order valence-electron chi connectivity index (χ2n) is 7.75. The zero-order chi connectivity index (χ0) is 22.5. The maximum absolute atomic E-state index is 12.6. The van der Waals surface area contributed by atoms with Crippen LogP contribution in [0, 0.1) is 20.8 Å². The van der Waals surface area contributed by atoms with Crippen LogP contribution in [0.4, 0.5) is 0 Å². The van der Waals surface area contributed by atoms with Crippen LogP contribution in [0.1, 0.15) is 28.6 Å². The predicted octanol–water partition coefficient (Wildman–Crippen LogP) is 4.36. The van der Waals surface area contributed by atoms with Crippen molar-refractivity contribution in [3.8, 4) is 5.69 Å². The van der Waals surface area contributed by atoms with Crippen LogP contribution in [0.25, 0.3) is 5.69 Å². The maximum atomic E-state index is 12.6. The number of nitrogens with one attached hydrogen (secondary N) is 1. The van der Waals surface area contributed by atoms with Gasteiger partial charge in [-0.1, -0.05) is 53.7 Å². The fourth-order valence-corrected chi connectivity index (χ4v) is 4.46. The molecule has 0 aliphatic carbocycles. The second-order valence-corrected chi connectivity index (χ2v) is 9.10. The van der Waals surface area contributed by atoms with Crippen LogP contribution in [0.5, 0.6) is 0 Å². The van der Waals surface area contributed by atoms with Gasteiger partial charge in [0, 0.05) is 11.6 Å². The molecule has 8 heteroatoms. The molecule has 0 bridgehead atoms. The van der Waals surface area contributed by atoms with Crippen LogP contribution in [-0.4, -0.2) is 52.0 Å². The van der Waals surface area contributed by atoms with Crippen LogP contribution in [0.2, 0.25) is 5.02 Å². The molecule has 3 rings (SSSR count). The van der Waals surface area contributed by atoms with E-state index >= 15 is 0 Å². The van der Waals surface area contributed by atoms with Gasteiger partial charge >= 0.3 is 0 Å². The molecule has 1 heterocycles. The lowest BCUT2D eigenvalue weighted by molar-refractivity contribution is -0.118. The van der Waals surface area contributed by atoms with E-state index in [1.54, 1.807) is 0 Å². The molecule has 1 N–H and O–H groups in total. The Hall–Kier alpha value is -2.35. The van der Waals surface area contributed by atoms with Gasteiger partial charge in [0.25, 0.3) is 0 Å². The molecule has 2 aromatic carbocycles. The molecule has 1 aromatic heterocycles. The minimum Gasteiger partial charge on any atom is -0.353 e. The number of carbonyl (C=O) groups excluding carboxylic acids is 1. The highest BCUT2D eigenvalue weighted by molar-refractivity contribution is 7.99. The molecule has 0 spiro atoms. The molecule has 1 unspecified atom stereocenters. The molecule has 3 aromatic rings. The van der Waals surface area contributed by atoms with E-state index < -0.39 is 0 Å². The predicted molar refractivity (Wildman–Crippen MR) is 127 cm³/mol. The summed E-state index contributed by atoms with van der Waals surface area (Å²) in [6, 6.07) is 14.0. The van der Waals surface area contributed by atoms with Crippen LogP contribution in [-0.2, 0) is 4.79 Å². The van der Waals surface area contributed by atoms with Crippen LogP contribution in [0.3, 0.4) is 0 Å². The molecule has 0 aliphatic rings. The van der Waals surface area contributed by atoms with Gasteiger partial charge in [0.1, 0.15) is 5.82 Å². The lowest BCUT2D eigenvalue weighted by Crippen LogP contribution is -2.35. The molecular formula is C23H28ClN5OS. The highest BCUT2D eigenvalue weighted by atomic mass is 35.5. The Morgan fingerprint density at radius 3 is 2.61 bits per heavy atom. The van der Waals surface area contributed by atoms with E-state index in [1.807, 2.05) is 49.9 Å². The van der Waals surface area contributed by atoms with Crippen molar-refractivity contribution in [3.05, 3.63) is 70.0 Å². The summed E-state index contributed by atoms with van der Waals surface area (Å²) in [4.78, 5) is 14.6. The third kappa shape index (κ3) is 5.67. The first-order valence-corrected chi connectivity index (χ1v) is 11.4. The number of aromatic nitrogens is 3. The van der Waals surface area contributed by atoms with Gasteiger partial charge in [0.05, 0.1) is 17.5 Å². The standard InChI is InChI=1S/C23H28ClN5OS/c1-15-10-11-16(2)20(12-15)29-17(3)26-27-23(29)31-14-22(30)25-13-21(28(4)5)18-8-6-7-9-19(18)24/h6-12,21H,13-14H2,1-5H3,(H,25,30). The Labute approximate surface area is 193 Å². The summed E-state index contributed by atoms with van der Waals surface area (Å²) in [5.41, 5.74) is 4.33. The summed E-state index contributed by atoms with van der Waals surface area (Å²) in [7, 11) is 3.95. The van der Waals surface area contributed by atoms with Crippen molar-refractivity contribution >= 4 is 29.3 Å². The number of likely N-dealkylation sites (N-methyl/N-ethyl adjacent to an activating group) is 1. The molecule has 0 radical (unpaired) electrons. The van der Waals surface area contributed by atoms with Crippen molar-refractivity contribution in [2.75, 3.05) is 26.4 Å². The van der Waals surface area contributed by atoms with Crippen molar-refractivity contribution in [2.45, 2.75) is 32.0 Å². The van der Waals surface area contributed by atoms with E-state index in [4.69, 9.17) is 11.6 Å². The summed E-state index contributed by atoms with van der Waals surface area (Å²) in [5, 5.41) is 12.9. The zero-order valence-electron chi connectivity index (χ0n) is 18.5. The molecule has 1 amide bonds. The Morgan fingerprint density at radius 2 is 1.90 bits per heavy atom. The number of benzene rings is 2. The van der Waals surface area contributed by atoms with Crippen molar-refractivity contribution in [1.82, 2.24) is 25.0 Å². The van der Waals surface area contributed by atoms with Gasteiger partial charge in [-0.3, -0.25) is 9.36 Å². The van der Waals surface area contributed by atoms with Crippen molar-refractivity contribution in [3.63, 3.8) is 0 Å². The fourth-order valence-electron chi connectivity index (χ4n) is 3.38. The first-order chi connectivity index (χ1) is 14.8. The van der Waals surface area contributed by atoms with Gasteiger partial charge in [0.15, 0.2) is 5.16 Å². The molecule has 0 saturated heterocycles. The normalized spacial score (nSPS) is 12.2. The average molecular weight is 458 g/mol. The summed E-state index contributed by atoms with van der Waals surface area (Å²) < 4.78 is 2.01. The quantitative estimate of drug-likeness (QED) is 0.509. The molecular weight excluding hydrogens is 430 g/mol. The fraction of sp³-hybridized carbons (Fsp3) is 0.348. The largest absolute Gasteiger partial charge is 0.353 e. The van der Waals surface area contributed by atoms with E-state index in [-0.39, 0.29) is 17.7 Å². The van der Waals surface area contributed by atoms with Crippen molar-refractivity contribution in [1.29, 1.82) is 0 Å². The molecule has 0 fully saturated rings. The molecule has 0 saturated carbocycles. The maximum Gasteiger partial charge on any atom is 0.230 e. The van der Waals surface area contributed by atoms with E-state index in [1.165, 1.54) is 11.8 Å². The molecule has 0 aliphatic heterocycles. The molecule has 1 atom stereocenters. The Kier molecular flexibility index (Phi) is 7.75. The van der Waals surface area contributed by atoms with E-state index in [0.717, 1.165) is 28.2 Å². The smallest absolute Gasteiger partial charge is 0.230 e. The van der Waals surface area contributed by atoms with Gasteiger partial charge in [0.2, 0.25) is 5.91 Å². The lowest BCUT2D eigenvalue weighted by atomic mass is 10.1. The molecule has 6 nitrogen and oxygen atoms in total. The number of halogens is 1. The summed E-state index contributed by atoms with van der Waals surface area (Å²) >= 11 is 7.74. The Balaban J connectivity index is 1.67. The number of carbonyl (C=O) groups is 1. The van der Waals surface area contributed by atoms with Gasteiger partial charge in [-0.05, 0) is 63.7 Å². The van der Waals surface area contributed by atoms with Gasteiger partial charge in [-0.2, -0.15) is 0 Å². The highest BCUT2D eigenvalue weighted by Gasteiger charge is 2.19. The van der Waals surface area contributed by atoms with Gasteiger partial charge < -0.3 is 10.2 Å². The van der Waals surface area contributed by atoms with Crippen LogP contribution in [0.15, 0.2) is 47.6 Å². The number of amides is 1. The Bertz CT molecular complexity index is 1070. The molecule has 164 valence electrons. The number of nitrogens with zero attached hydrogens (tertiary/aromatic N) is 4. The number of hydrogen-bond donors (Lipinski definition) is 1. The highest BCUT2D eigenvalue weighted by Crippen LogP contribution is 2.26. The average Bonchev–Trinajstić information content (AvgIpc) is 3.09. The van der Waals surface area contributed by atoms with Crippen molar-refractivity contribution in [2.24, 2.45) is 0 Å². The summed E-state index contributed by atoms with van der Waals surface area (Å²) in [6.07, 6.45) is 0. The number of rotatable bonds is 8. The van der Waals surface area contributed by atoms with Gasteiger partial charge in [-0.25, -0.2) is 0 Å². The number of hydrogen-bond acceptors (Lipinski definition) is 5.